The number of alkyl halides is 2. The van der Waals surface area contributed by atoms with Gasteiger partial charge in [-0.3, -0.25) is 4.90 Å². The third-order valence-electron chi connectivity index (χ3n) is 4.29. The number of nitrogens with zero attached hydrogens (tertiary/aromatic N) is 3. The zero-order chi connectivity index (χ0) is 17.2. The Hall–Kier alpha value is -2.21. The van der Waals surface area contributed by atoms with Gasteiger partial charge < -0.3 is 10.0 Å². The molecule has 1 aromatic carbocycles. The summed E-state index contributed by atoms with van der Waals surface area (Å²) in [7, 11) is 0. The van der Waals surface area contributed by atoms with Gasteiger partial charge in [0.1, 0.15) is 11.6 Å². The Morgan fingerprint density at radius 3 is 2.33 bits per heavy atom. The van der Waals surface area contributed by atoms with Gasteiger partial charge in [-0.15, -0.1) is 0 Å². The van der Waals surface area contributed by atoms with Crippen molar-refractivity contribution in [3.63, 3.8) is 0 Å². The van der Waals surface area contributed by atoms with Gasteiger partial charge in [0.15, 0.2) is 0 Å². The average molecular weight is 333 g/mol. The van der Waals surface area contributed by atoms with Crippen molar-refractivity contribution >= 4 is 5.82 Å². The number of benzene rings is 1. The van der Waals surface area contributed by atoms with Gasteiger partial charge >= 0.3 is 0 Å². The van der Waals surface area contributed by atoms with E-state index in [4.69, 9.17) is 0 Å². The van der Waals surface area contributed by atoms with E-state index < -0.39 is 5.92 Å². The first-order valence-corrected chi connectivity index (χ1v) is 8.01. The molecule has 0 spiro atoms. The quantitative estimate of drug-likeness (QED) is 0.932. The van der Waals surface area contributed by atoms with E-state index >= 15 is 0 Å². The molecule has 1 aliphatic heterocycles. The van der Waals surface area contributed by atoms with Crippen LogP contribution in [0.4, 0.5) is 14.6 Å². The molecule has 4 nitrogen and oxygen atoms in total. The highest BCUT2D eigenvalue weighted by Gasteiger charge is 2.24. The van der Waals surface area contributed by atoms with Gasteiger partial charge in [0, 0.05) is 57.5 Å². The second-order valence-corrected chi connectivity index (χ2v) is 6.22. The second kappa shape index (κ2) is 6.73. The van der Waals surface area contributed by atoms with Crippen LogP contribution in [0.3, 0.4) is 0 Å². The smallest absolute Gasteiger partial charge is 0.270 e. The molecule has 0 aliphatic carbocycles. The molecule has 2 heterocycles. The highest BCUT2D eigenvalue weighted by Crippen LogP contribution is 2.27. The maximum Gasteiger partial charge on any atom is 0.270 e. The van der Waals surface area contributed by atoms with Crippen LogP contribution >= 0.6 is 0 Å². The molecule has 0 unspecified atom stereocenters. The lowest BCUT2D eigenvalue weighted by Crippen LogP contribution is -2.46. The molecule has 2 aromatic rings. The van der Waals surface area contributed by atoms with Gasteiger partial charge in [-0.25, -0.2) is 13.8 Å². The summed E-state index contributed by atoms with van der Waals surface area (Å²) in [4.78, 5) is 8.71. The van der Waals surface area contributed by atoms with Crippen LogP contribution in [0.1, 0.15) is 18.1 Å². The van der Waals surface area contributed by atoms with Gasteiger partial charge in [0.2, 0.25) is 0 Å². The standard InChI is InChI=1S/C18H21F2N3O/c1-18(19,20)15-4-2-14(3-5-15)13-22-8-10-23(11-9-22)17-12-16(24)6-7-21-17/h2-7,12H,8-11,13H2,1H3,(H,21,24). The Kier molecular flexibility index (Phi) is 4.66. The maximum atomic E-state index is 13.2. The molecule has 1 aliphatic rings. The summed E-state index contributed by atoms with van der Waals surface area (Å²) in [6.07, 6.45) is 1.60. The third kappa shape index (κ3) is 4.00. The Morgan fingerprint density at radius 1 is 1.08 bits per heavy atom. The minimum atomic E-state index is -2.79. The van der Waals surface area contributed by atoms with Crippen LogP contribution in [-0.2, 0) is 12.5 Å². The van der Waals surface area contributed by atoms with Crippen molar-refractivity contribution < 1.29 is 13.9 Å². The first-order valence-electron chi connectivity index (χ1n) is 8.01. The van der Waals surface area contributed by atoms with Crippen LogP contribution in [0.2, 0.25) is 0 Å². The Labute approximate surface area is 140 Å². The number of rotatable bonds is 4. The lowest BCUT2D eigenvalue weighted by molar-refractivity contribution is 0.0174. The molecule has 1 N–H and O–H groups in total. The predicted molar refractivity (Wildman–Crippen MR) is 89.4 cm³/mol. The number of halogens is 2. The second-order valence-electron chi connectivity index (χ2n) is 6.22. The van der Waals surface area contributed by atoms with Gasteiger partial charge in [0.25, 0.3) is 5.92 Å². The maximum absolute atomic E-state index is 13.2. The number of aromatic nitrogens is 1. The topological polar surface area (TPSA) is 39.6 Å². The van der Waals surface area contributed by atoms with E-state index in [1.54, 1.807) is 30.5 Å². The molecule has 0 saturated carbocycles. The van der Waals surface area contributed by atoms with E-state index in [-0.39, 0.29) is 11.3 Å². The lowest BCUT2D eigenvalue weighted by atomic mass is 10.1. The summed E-state index contributed by atoms with van der Waals surface area (Å²) in [6.45, 7) is 5.03. The number of hydrogen-bond donors (Lipinski definition) is 1. The zero-order valence-electron chi connectivity index (χ0n) is 13.6. The van der Waals surface area contributed by atoms with E-state index in [9.17, 15) is 13.9 Å². The molecule has 1 aromatic heterocycles. The number of aromatic hydroxyl groups is 1. The first kappa shape index (κ1) is 16.6. The van der Waals surface area contributed by atoms with Crippen molar-refractivity contribution in [1.82, 2.24) is 9.88 Å². The Bertz CT molecular complexity index is 677. The fourth-order valence-corrected chi connectivity index (χ4v) is 2.88. The van der Waals surface area contributed by atoms with E-state index in [2.05, 4.69) is 14.8 Å². The molecule has 3 rings (SSSR count). The van der Waals surface area contributed by atoms with Crippen LogP contribution in [-0.4, -0.2) is 41.2 Å². The molecule has 1 saturated heterocycles. The van der Waals surface area contributed by atoms with Gasteiger partial charge in [0.05, 0.1) is 0 Å². The molecule has 0 atom stereocenters. The summed E-state index contributed by atoms with van der Waals surface area (Å²) >= 11 is 0. The molecule has 1 fully saturated rings. The van der Waals surface area contributed by atoms with E-state index in [1.807, 2.05) is 0 Å². The third-order valence-corrected chi connectivity index (χ3v) is 4.29. The van der Waals surface area contributed by atoms with Crippen molar-refractivity contribution in [2.75, 3.05) is 31.1 Å². The SMILES string of the molecule is CC(F)(F)c1ccc(CN2CCN(c3cc(O)ccn3)CC2)cc1. The summed E-state index contributed by atoms with van der Waals surface area (Å²) in [6, 6.07) is 9.78. The highest BCUT2D eigenvalue weighted by molar-refractivity contribution is 5.43. The molecular weight excluding hydrogens is 312 g/mol. The molecule has 0 amide bonds. The molecule has 0 radical (unpaired) electrons. The number of pyridine rings is 1. The van der Waals surface area contributed by atoms with Crippen LogP contribution in [0.15, 0.2) is 42.6 Å². The summed E-state index contributed by atoms with van der Waals surface area (Å²) < 4.78 is 26.5. The predicted octanol–water partition coefficient (Wildman–Crippen LogP) is 3.22. The summed E-state index contributed by atoms with van der Waals surface area (Å²) in [5, 5.41) is 9.54. The van der Waals surface area contributed by atoms with E-state index in [0.29, 0.717) is 0 Å². The monoisotopic (exact) mass is 333 g/mol. The van der Waals surface area contributed by atoms with Crippen LogP contribution in [0.25, 0.3) is 0 Å². The van der Waals surface area contributed by atoms with Crippen molar-refractivity contribution in [3.8, 4) is 5.75 Å². The van der Waals surface area contributed by atoms with Crippen molar-refractivity contribution in [3.05, 3.63) is 53.7 Å². The Morgan fingerprint density at radius 2 is 1.75 bits per heavy atom. The molecule has 6 heteroatoms. The molecule has 24 heavy (non-hydrogen) atoms. The minimum Gasteiger partial charge on any atom is -0.508 e. The van der Waals surface area contributed by atoms with Crippen molar-refractivity contribution in [2.45, 2.75) is 19.4 Å². The van der Waals surface area contributed by atoms with E-state index in [0.717, 1.165) is 51.0 Å². The van der Waals surface area contributed by atoms with Crippen LogP contribution in [0, 0.1) is 0 Å². The highest BCUT2D eigenvalue weighted by atomic mass is 19.3. The lowest BCUT2D eigenvalue weighted by Gasteiger charge is -2.35. The number of hydrogen-bond acceptors (Lipinski definition) is 4. The fourth-order valence-electron chi connectivity index (χ4n) is 2.88. The first-order chi connectivity index (χ1) is 11.4. The number of piperazine rings is 1. The Balaban J connectivity index is 1.55. The molecular formula is C18H21F2N3O. The fraction of sp³-hybridized carbons (Fsp3) is 0.389. The van der Waals surface area contributed by atoms with Gasteiger partial charge in [-0.2, -0.15) is 0 Å². The molecule has 128 valence electrons. The van der Waals surface area contributed by atoms with Crippen LogP contribution < -0.4 is 4.90 Å². The van der Waals surface area contributed by atoms with Crippen molar-refractivity contribution in [2.24, 2.45) is 0 Å². The average Bonchev–Trinajstić information content (AvgIpc) is 2.55. The normalized spacial score (nSPS) is 16.4. The molecule has 0 bridgehead atoms. The largest absolute Gasteiger partial charge is 0.508 e. The zero-order valence-corrected chi connectivity index (χ0v) is 13.6. The van der Waals surface area contributed by atoms with Crippen molar-refractivity contribution in [1.29, 1.82) is 0 Å². The van der Waals surface area contributed by atoms with Crippen LogP contribution in [0.5, 0.6) is 5.75 Å². The minimum absolute atomic E-state index is 0.0472. The summed E-state index contributed by atoms with van der Waals surface area (Å²) in [5.74, 6) is -1.79. The van der Waals surface area contributed by atoms with Gasteiger partial charge in [-0.1, -0.05) is 24.3 Å². The van der Waals surface area contributed by atoms with E-state index in [1.165, 1.54) is 12.1 Å². The number of anilines is 1. The van der Waals surface area contributed by atoms with Gasteiger partial charge in [-0.05, 0) is 11.6 Å². The summed E-state index contributed by atoms with van der Waals surface area (Å²) in [5.41, 5.74) is 1.08.